The van der Waals surface area contributed by atoms with Crippen LogP contribution < -0.4 is 5.73 Å². The molecule has 94 valence electrons. The van der Waals surface area contributed by atoms with Crippen LogP contribution >= 0.6 is 0 Å². The van der Waals surface area contributed by atoms with Crippen LogP contribution in [0.1, 0.15) is 12.5 Å². The van der Waals surface area contributed by atoms with Crippen molar-refractivity contribution >= 4 is 16.7 Å². The number of pyridine rings is 1. The Morgan fingerprint density at radius 1 is 1.05 bits per heavy atom. The molecule has 0 atom stereocenters. The number of hydrogen-bond acceptors (Lipinski definition) is 4. The number of hydrogen-bond donors (Lipinski definition) is 1. The van der Waals surface area contributed by atoms with Gasteiger partial charge in [0.15, 0.2) is 0 Å². The zero-order valence-corrected chi connectivity index (χ0v) is 10.7. The molecule has 2 heterocycles. The van der Waals surface area contributed by atoms with E-state index in [9.17, 15) is 0 Å². The molecule has 1 aromatic carbocycles. The topological polar surface area (TPSA) is 64.7 Å². The molecule has 0 saturated carbocycles. The third-order valence-electron chi connectivity index (χ3n) is 3.17. The third kappa shape index (κ3) is 2.01. The molecule has 0 bridgehead atoms. The SMILES string of the molecule is CCc1c(N)ncnc1-c1ccc2ccccc2n1. The Morgan fingerprint density at radius 2 is 1.89 bits per heavy atom. The lowest BCUT2D eigenvalue weighted by Crippen LogP contribution is -2.02. The van der Waals surface area contributed by atoms with Crippen molar-refractivity contribution < 1.29 is 0 Å². The first-order valence-corrected chi connectivity index (χ1v) is 6.25. The first kappa shape index (κ1) is 11.6. The maximum Gasteiger partial charge on any atom is 0.130 e. The summed E-state index contributed by atoms with van der Waals surface area (Å²) in [6, 6.07) is 12.0. The number of fused-ring (bicyclic) bond motifs is 1. The number of nitrogen functional groups attached to an aromatic ring is 1. The number of rotatable bonds is 2. The fourth-order valence-corrected chi connectivity index (χ4v) is 2.19. The molecule has 3 rings (SSSR count). The fraction of sp³-hybridized carbons (Fsp3) is 0.133. The second kappa shape index (κ2) is 4.65. The smallest absolute Gasteiger partial charge is 0.130 e. The van der Waals surface area contributed by atoms with E-state index in [0.717, 1.165) is 34.3 Å². The average molecular weight is 250 g/mol. The first-order chi connectivity index (χ1) is 9.29. The standard InChI is InChI=1S/C15H14N4/c1-2-11-14(17-9-18-15(11)16)13-8-7-10-5-3-4-6-12(10)19-13/h3-9H,2H2,1H3,(H2,16,17,18). The van der Waals surface area contributed by atoms with Crippen molar-refractivity contribution in [1.29, 1.82) is 0 Å². The van der Waals surface area contributed by atoms with E-state index in [2.05, 4.69) is 21.0 Å². The first-order valence-electron chi connectivity index (χ1n) is 6.25. The molecule has 0 amide bonds. The molecule has 0 spiro atoms. The van der Waals surface area contributed by atoms with Crippen molar-refractivity contribution in [1.82, 2.24) is 15.0 Å². The molecule has 0 aliphatic carbocycles. The second-order valence-corrected chi connectivity index (χ2v) is 4.33. The van der Waals surface area contributed by atoms with Gasteiger partial charge in [0.1, 0.15) is 12.1 Å². The maximum absolute atomic E-state index is 5.90. The number of anilines is 1. The molecule has 2 aromatic heterocycles. The summed E-state index contributed by atoms with van der Waals surface area (Å²) in [5.41, 5.74) is 9.47. The minimum atomic E-state index is 0.530. The summed E-state index contributed by atoms with van der Waals surface area (Å²) in [7, 11) is 0. The van der Waals surface area contributed by atoms with Crippen molar-refractivity contribution in [2.45, 2.75) is 13.3 Å². The van der Waals surface area contributed by atoms with Crippen molar-refractivity contribution in [2.75, 3.05) is 5.73 Å². The lowest BCUT2D eigenvalue weighted by atomic mass is 10.1. The molecule has 2 N–H and O–H groups in total. The van der Waals surface area contributed by atoms with E-state index in [0.29, 0.717) is 5.82 Å². The number of benzene rings is 1. The van der Waals surface area contributed by atoms with Gasteiger partial charge in [-0.25, -0.2) is 15.0 Å². The van der Waals surface area contributed by atoms with Gasteiger partial charge in [-0.2, -0.15) is 0 Å². The molecule has 4 nitrogen and oxygen atoms in total. The van der Waals surface area contributed by atoms with E-state index >= 15 is 0 Å². The average Bonchev–Trinajstić information content (AvgIpc) is 2.46. The normalized spacial score (nSPS) is 10.8. The third-order valence-corrected chi connectivity index (χ3v) is 3.17. The van der Waals surface area contributed by atoms with Crippen LogP contribution in [0.4, 0.5) is 5.82 Å². The molecule has 0 aliphatic heterocycles. The van der Waals surface area contributed by atoms with Crippen molar-refractivity contribution in [3.05, 3.63) is 48.3 Å². The van der Waals surface area contributed by atoms with Crippen molar-refractivity contribution in [3.8, 4) is 11.4 Å². The molecule has 0 saturated heterocycles. The van der Waals surface area contributed by atoms with E-state index in [4.69, 9.17) is 5.73 Å². The fourth-order valence-electron chi connectivity index (χ4n) is 2.19. The maximum atomic E-state index is 5.90. The van der Waals surface area contributed by atoms with Gasteiger partial charge in [0.2, 0.25) is 0 Å². The minimum absolute atomic E-state index is 0.530. The van der Waals surface area contributed by atoms with Crippen LogP contribution in [0, 0.1) is 0 Å². The second-order valence-electron chi connectivity index (χ2n) is 4.33. The Morgan fingerprint density at radius 3 is 2.74 bits per heavy atom. The van der Waals surface area contributed by atoms with Crippen LogP contribution in [0.5, 0.6) is 0 Å². The number of aromatic nitrogens is 3. The highest BCUT2D eigenvalue weighted by molar-refractivity contribution is 5.81. The van der Waals surface area contributed by atoms with Crippen molar-refractivity contribution in [3.63, 3.8) is 0 Å². The van der Waals surface area contributed by atoms with E-state index in [1.54, 1.807) is 0 Å². The molecular weight excluding hydrogens is 236 g/mol. The molecular formula is C15H14N4. The Labute approximate surface area is 111 Å². The van der Waals surface area contributed by atoms with Crippen LogP contribution in [-0.2, 0) is 6.42 Å². The summed E-state index contributed by atoms with van der Waals surface area (Å²) in [6.45, 7) is 2.04. The Kier molecular flexibility index (Phi) is 2.83. The predicted molar refractivity (Wildman–Crippen MR) is 76.6 cm³/mol. The molecule has 0 unspecified atom stereocenters. The highest BCUT2D eigenvalue weighted by atomic mass is 14.9. The Hall–Kier alpha value is -2.49. The largest absolute Gasteiger partial charge is 0.383 e. The van der Waals surface area contributed by atoms with Crippen molar-refractivity contribution in [2.24, 2.45) is 0 Å². The molecule has 0 fully saturated rings. The highest BCUT2D eigenvalue weighted by Crippen LogP contribution is 2.24. The van der Waals surface area contributed by atoms with Gasteiger partial charge in [-0.3, -0.25) is 0 Å². The summed E-state index contributed by atoms with van der Waals surface area (Å²) in [6.07, 6.45) is 2.28. The van der Waals surface area contributed by atoms with Gasteiger partial charge in [-0.1, -0.05) is 31.2 Å². The molecule has 3 aromatic rings. The van der Waals surface area contributed by atoms with Gasteiger partial charge in [-0.15, -0.1) is 0 Å². The van der Waals surface area contributed by atoms with Crippen LogP contribution in [0.15, 0.2) is 42.7 Å². The summed E-state index contributed by atoms with van der Waals surface area (Å²) in [5.74, 6) is 0.530. The molecule has 0 radical (unpaired) electrons. The summed E-state index contributed by atoms with van der Waals surface area (Å²) in [5, 5.41) is 1.12. The molecule has 19 heavy (non-hydrogen) atoms. The number of nitrogens with two attached hydrogens (primary N) is 1. The van der Waals surface area contributed by atoms with Gasteiger partial charge in [-0.05, 0) is 18.6 Å². The molecule has 0 aliphatic rings. The van der Waals surface area contributed by atoms with Gasteiger partial charge < -0.3 is 5.73 Å². The number of nitrogens with zero attached hydrogens (tertiary/aromatic N) is 3. The van der Waals surface area contributed by atoms with Gasteiger partial charge >= 0.3 is 0 Å². The van der Waals surface area contributed by atoms with Crippen LogP contribution in [0.3, 0.4) is 0 Å². The highest BCUT2D eigenvalue weighted by Gasteiger charge is 2.11. The zero-order valence-electron chi connectivity index (χ0n) is 10.7. The Balaban J connectivity index is 2.22. The van der Waals surface area contributed by atoms with Gasteiger partial charge in [0.25, 0.3) is 0 Å². The Bertz CT molecular complexity index is 737. The van der Waals surface area contributed by atoms with E-state index < -0.39 is 0 Å². The van der Waals surface area contributed by atoms with Gasteiger partial charge in [0, 0.05) is 10.9 Å². The zero-order chi connectivity index (χ0) is 13.2. The van der Waals surface area contributed by atoms with E-state index in [1.165, 1.54) is 6.33 Å². The predicted octanol–water partition coefficient (Wildman–Crippen LogP) is 2.84. The summed E-state index contributed by atoms with van der Waals surface area (Å²) in [4.78, 5) is 13.0. The monoisotopic (exact) mass is 250 g/mol. The van der Waals surface area contributed by atoms with E-state index in [-0.39, 0.29) is 0 Å². The quantitative estimate of drug-likeness (QED) is 0.759. The van der Waals surface area contributed by atoms with Crippen LogP contribution in [0.25, 0.3) is 22.3 Å². The lowest BCUT2D eigenvalue weighted by Gasteiger charge is -2.08. The van der Waals surface area contributed by atoms with Gasteiger partial charge in [0.05, 0.1) is 16.9 Å². The molecule has 4 heteroatoms. The van der Waals surface area contributed by atoms with Crippen LogP contribution in [-0.4, -0.2) is 15.0 Å². The van der Waals surface area contributed by atoms with Crippen LogP contribution in [0.2, 0.25) is 0 Å². The summed E-state index contributed by atoms with van der Waals surface area (Å²) >= 11 is 0. The number of para-hydroxylation sites is 1. The lowest BCUT2D eigenvalue weighted by molar-refractivity contribution is 1.05. The van der Waals surface area contributed by atoms with E-state index in [1.807, 2.05) is 37.3 Å². The summed E-state index contributed by atoms with van der Waals surface area (Å²) < 4.78 is 0. The minimum Gasteiger partial charge on any atom is -0.383 e.